The summed E-state index contributed by atoms with van der Waals surface area (Å²) in [6, 6.07) is 10.8. The van der Waals surface area contributed by atoms with E-state index < -0.39 is 15.9 Å². The van der Waals surface area contributed by atoms with E-state index in [4.69, 9.17) is 0 Å². The molecule has 1 aromatic carbocycles. The second kappa shape index (κ2) is 12.1. The third kappa shape index (κ3) is 7.75. The van der Waals surface area contributed by atoms with Gasteiger partial charge in [0.1, 0.15) is 0 Å². The Balaban J connectivity index is 1.33. The number of hydrogen-bond donors (Lipinski definition) is 1. The summed E-state index contributed by atoms with van der Waals surface area (Å²) in [5.74, 6) is -2.28. The van der Waals surface area contributed by atoms with Crippen molar-refractivity contribution in [1.29, 1.82) is 0 Å². The van der Waals surface area contributed by atoms with Crippen molar-refractivity contribution in [1.82, 2.24) is 14.7 Å². The molecular weight excluding hydrogens is 512 g/mol. The first-order chi connectivity index (χ1) is 18.0. The maximum absolute atomic E-state index is 13.6. The van der Waals surface area contributed by atoms with Crippen LogP contribution in [-0.4, -0.2) is 66.4 Å². The minimum atomic E-state index is -3.70. The number of hydrogen-bond acceptors (Lipinski definition) is 5. The van der Waals surface area contributed by atoms with E-state index in [1.165, 1.54) is 4.31 Å². The lowest BCUT2D eigenvalue weighted by Crippen LogP contribution is -2.48. The molecule has 1 saturated carbocycles. The van der Waals surface area contributed by atoms with E-state index in [1.54, 1.807) is 36.1 Å². The van der Waals surface area contributed by atoms with Gasteiger partial charge in [0.2, 0.25) is 21.9 Å². The Labute approximate surface area is 224 Å². The van der Waals surface area contributed by atoms with Gasteiger partial charge in [-0.2, -0.15) is 5.10 Å². The van der Waals surface area contributed by atoms with E-state index in [2.05, 4.69) is 15.3 Å². The van der Waals surface area contributed by atoms with Crippen LogP contribution in [0.15, 0.2) is 42.6 Å². The van der Waals surface area contributed by atoms with Crippen LogP contribution in [0.25, 0.3) is 0 Å². The summed E-state index contributed by atoms with van der Waals surface area (Å²) < 4.78 is 57.5. The molecule has 4 rings (SSSR count). The van der Waals surface area contributed by atoms with Gasteiger partial charge >= 0.3 is 0 Å². The summed E-state index contributed by atoms with van der Waals surface area (Å²) in [4.78, 5) is 14.7. The van der Waals surface area contributed by atoms with E-state index >= 15 is 0 Å². The zero-order valence-corrected chi connectivity index (χ0v) is 23.0. The Morgan fingerprint density at radius 1 is 1.11 bits per heavy atom. The fourth-order valence-corrected chi connectivity index (χ4v) is 7.51. The Kier molecular flexibility index (Phi) is 9.07. The number of rotatable bonds is 10. The zero-order valence-electron chi connectivity index (χ0n) is 22.2. The summed E-state index contributed by atoms with van der Waals surface area (Å²) in [6.07, 6.45) is 3.89. The second-order valence-electron chi connectivity index (χ2n) is 10.9. The number of carbonyl (C=O) groups is 1. The normalized spacial score (nSPS) is 20.2. The van der Waals surface area contributed by atoms with Crippen molar-refractivity contribution in [3.63, 3.8) is 0 Å². The van der Waals surface area contributed by atoms with Crippen molar-refractivity contribution >= 4 is 27.4 Å². The van der Waals surface area contributed by atoms with Gasteiger partial charge < -0.3 is 5.32 Å². The van der Waals surface area contributed by atoms with Gasteiger partial charge in [0.05, 0.1) is 11.4 Å². The number of nitrogens with zero attached hydrogens (tertiary/aromatic N) is 4. The molecule has 38 heavy (non-hydrogen) atoms. The first-order valence-corrected chi connectivity index (χ1v) is 15.1. The van der Waals surface area contributed by atoms with E-state index in [0.29, 0.717) is 24.5 Å². The van der Waals surface area contributed by atoms with E-state index in [1.807, 2.05) is 25.1 Å². The lowest BCUT2D eigenvalue weighted by atomic mass is 9.88. The van der Waals surface area contributed by atoms with Gasteiger partial charge in [-0.3, -0.25) is 18.7 Å². The molecule has 2 aromatic rings. The largest absolute Gasteiger partial charge is 0.309 e. The summed E-state index contributed by atoms with van der Waals surface area (Å²) in [5, 5.41) is 7.03. The van der Waals surface area contributed by atoms with Crippen molar-refractivity contribution in [3.05, 3.63) is 42.6 Å². The number of carbonyl (C=O) groups excluding carboxylic acids is 1. The zero-order chi connectivity index (χ0) is 27.3. The number of aromatic nitrogens is 2. The van der Waals surface area contributed by atoms with Crippen LogP contribution in [0.5, 0.6) is 0 Å². The van der Waals surface area contributed by atoms with Crippen LogP contribution < -0.4 is 9.62 Å². The van der Waals surface area contributed by atoms with Crippen LogP contribution in [0.1, 0.15) is 51.9 Å². The van der Waals surface area contributed by atoms with Gasteiger partial charge in [-0.05, 0) is 69.7 Å². The van der Waals surface area contributed by atoms with Crippen LogP contribution in [0.2, 0.25) is 0 Å². The quantitative estimate of drug-likeness (QED) is 0.470. The van der Waals surface area contributed by atoms with Crippen molar-refractivity contribution in [2.24, 2.45) is 18.9 Å². The van der Waals surface area contributed by atoms with Gasteiger partial charge in [-0.15, -0.1) is 0 Å². The smallest absolute Gasteiger partial charge is 0.248 e. The number of amides is 1. The predicted octanol–water partition coefficient (Wildman–Crippen LogP) is 4.51. The molecule has 0 bridgehead atoms. The number of piperidine rings is 1. The molecule has 1 aliphatic carbocycles. The van der Waals surface area contributed by atoms with Crippen molar-refractivity contribution < 1.29 is 22.0 Å². The number of halogens is 2. The van der Waals surface area contributed by atoms with Gasteiger partial charge in [0, 0.05) is 51.2 Å². The fraction of sp³-hybridized carbons (Fsp3) is 0.630. The van der Waals surface area contributed by atoms with Crippen molar-refractivity contribution in [2.75, 3.05) is 35.0 Å². The standard InChI is InChI=1S/C27H39F2N5O3S/c1-21(33-16-10-22(11-17-33)18-26(35)30-25-12-15-32(2)31-25)19-34(24-6-4-3-5-7-24)38(36,37)20-23-8-13-27(28,29)14-9-23/h3-7,12,15,21-23H,8-11,13-14,16-20H2,1-2H3,(H,30,31,35)/t21-/m1/s1. The van der Waals surface area contributed by atoms with Crippen LogP contribution >= 0.6 is 0 Å². The third-order valence-corrected chi connectivity index (χ3v) is 9.74. The molecule has 1 saturated heterocycles. The summed E-state index contributed by atoms with van der Waals surface area (Å²) >= 11 is 0. The summed E-state index contributed by atoms with van der Waals surface area (Å²) in [7, 11) is -1.90. The minimum absolute atomic E-state index is 0.0380. The first-order valence-electron chi connectivity index (χ1n) is 13.5. The molecule has 0 unspecified atom stereocenters. The number of nitrogens with one attached hydrogen (secondary N) is 1. The van der Waals surface area contributed by atoms with Gasteiger partial charge in [0.15, 0.2) is 5.82 Å². The van der Waals surface area contributed by atoms with Gasteiger partial charge in [0.25, 0.3) is 0 Å². The molecule has 2 fully saturated rings. The molecule has 1 aliphatic heterocycles. The SMILES string of the molecule is C[C@H](CN(c1ccccc1)S(=O)(=O)CC1CCC(F)(F)CC1)N1CCC(CC(=O)Nc2ccn(C)n2)CC1. The molecular formula is C27H39F2N5O3S. The third-order valence-electron chi connectivity index (χ3n) is 7.82. The molecule has 0 radical (unpaired) electrons. The predicted molar refractivity (Wildman–Crippen MR) is 145 cm³/mol. The number of anilines is 2. The molecule has 2 heterocycles. The first kappa shape index (κ1) is 28.5. The summed E-state index contributed by atoms with van der Waals surface area (Å²) in [6.45, 7) is 3.88. The number of aryl methyl sites for hydroxylation is 1. The molecule has 1 amide bonds. The molecule has 1 aromatic heterocycles. The van der Waals surface area contributed by atoms with E-state index in [9.17, 15) is 22.0 Å². The topological polar surface area (TPSA) is 87.5 Å². The Hall–Kier alpha value is -2.53. The minimum Gasteiger partial charge on any atom is -0.309 e. The van der Waals surface area contributed by atoms with E-state index in [0.717, 1.165) is 25.9 Å². The maximum Gasteiger partial charge on any atom is 0.248 e. The molecule has 1 N–H and O–H groups in total. The maximum atomic E-state index is 13.6. The highest BCUT2D eigenvalue weighted by Crippen LogP contribution is 2.37. The molecule has 210 valence electrons. The lowest BCUT2D eigenvalue weighted by molar-refractivity contribution is -0.117. The highest BCUT2D eigenvalue weighted by Gasteiger charge is 2.38. The molecule has 8 nitrogen and oxygen atoms in total. The average molecular weight is 552 g/mol. The molecule has 0 spiro atoms. The number of alkyl halides is 2. The Bertz CT molecular complexity index is 1160. The average Bonchev–Trinajstić information content (AvgIpc) is 3.28. The Morgan fingerprint density at radius 3 is 2.37 bits per heavy atom. The highest BCUT2D eigenvalue weighted by molar-refractivity contribution is 7.92. The lowest BCUT2D eigenvalue weighted by Gasteiger charge is -2.38. The van der Waals surface area contributed by atoms with Crippen LogP contribution in [0, 0.1) is 11.8 Å². The molecule has 11 heteroatoms. The van der Waals surface area contributed by atoms with E-state index in [-0.39, 0.29) is 55.2 Å². The van der Waals surface area contributed by atoms with Crippen LogP contribution in [0.4, 0.5) is 20.3 Å². The number of benzene rings is 1. The number of sulfonamides is 1. The molecule has 1 atom stereocenters. The fourth-order valence-electron chi connectivity index (χ4n) is 5.52. The highest BCUT2D eigenvalue weighted by atomic mass is 32.2. The Morgan fingerprint density at radius 2 is 1.76 bits per heavy atom. The number of likely N-dealkylation sites (tertiary alicyclic amines) is 1. The van der Waals surface area contributed by atoms with Crippen molar-refractivity contribution in [2.45, 2.75) is 63.8 Å². The van der Waals surface area contributed by atoms with Gasteiger partial charge in [-0.1, -0.05) is 18.2 Å². The van der Waals surface area contributed by atoms with Crippen LogP contribution in [-0.2, 0) is 21.9 Å². The summed E-state index contributed by atoms with van der Waals surface area (Å²) in [5.41, 5.74) is 0.599. The van der Waals surface area contributed by atoms with Crippen molar-refractivity contribution in [3.8, 4) is 0 Å². The van der Waals surface area contributed by atoms with Gasteiger partial charge in [-0.25, -0.2) is 17.2 Å². The molecule has 2 aliphatic rings. The monoisotopic (exact) mass is 551 g/mol. The van der Waals surface area contributed by atoms with Crippen LogP contribution in [0.3, 0.4) is 0 Å². The second-order valence-corrected chi connectivity index (χ2v) is 12.8. The number of para-hydroxylation sites is 1.